The summed E-state index contributed by atoms with van der Waals surface area (Å²) in [5.41, 5.74) is 1.07. The van der Waals surface area contributed by atoms with Crippen molar-refractivity contribution in [1.29, 1.82) is 0 Å². The Bertz CT molecular complexity index is 460. The summed E-state index contributed by atoms with van der Waals surface area (Å²) in [5, 5.41) is 3.09. The van der Waals surface area contributed by atoms with Crippen LogP contribution < -0.4 is 14.8 Å². The van der Waals surface area contributed by atoms with Crippen LogP contribution in [0, 0.1) is 0 Å². The van der Waals surface area contributed by atoms with Crippen molar-refractivity contribution in [3.8, 4) is 5.75 Å². The maximum atomic E-state index is 11.2. The van der Waals surface area contributed by atoms with Gasteiger partial charge in [-0.1, -0.05) is 12.1 Å². The van der Waals surface area contributed by atoms with Crippen LogP contribution in [0.2, 0.25) is 0 Å². The SMILES string of the molecule is CCOc1cccc(CNCCS(=O)(=O)NC)c1. The summed E-state index contributed by atoms with van der Waals surface area (Å²) in [6, 6.07) is 7.75. The predicted octanol–water partition coefficient (Wildman–Crippen LogP) is 0.724. The van der Waals surface area contributed by atoms with Crippen molar-refractivity contribution in [2.45, 2.75) is 13.5 Å². The average Bonchev–Trinajstić information content (AvgIpc) is 2.36. The molecule has 1 aromatic carbocycles. The van der Waals surface area contributed by atoms with Crippen molar-refractivity contribution in [2.24, 2.45) is 0 Å². The third-order valence-electron chi connectivity index (χ3n) is 2.40. The van der Waals surface area contributed by atoms with Gasteiger partial charge in [-0.2, -0.15) is 0 Å². The zero-order valence-electron chi connectivity index (χ0n) is 10.8. The Labute approximate surface area is 109 Å². The second-order valence-corrected chi connectivity index (χ2v) is 5.83. The fourth-order valence-corrected chi connectivity index (χ4v) is 2.07. The van der Waals surface area contributed by atoms with Crippen LogP contribution in [-0.4, -0.2) is 34.4 Å². The van der Waals surface area contributed by atoms with Gasteiger partial charge in [0.1, 0.15) is 5.75 Å². The molecule has 0 radical (unpaired) electrons. The van der Waals surface area contributed by atoms with Gasteiger partial charge >= 0.3 is 0 Å². The topological polar surface area (TPSA) is 67.4 Å². The lowest BCUT2D eigenvalue weighted by Gasteiger charge is -2.07. The number of nitrogens with one attached hydrogen (secondary N) is 2. The molecule has 18 heavy (non-hydrogen) atoms. The molecule has 0 bridgehead atoms. The third-order valence-corrected chi connectivity index (χ3v) is 3.76. The molecule has 0 aliphatic carbocycles. The van der Waals surface area contributed by atoms with Crippen molar-refractivity contribution in [1.82, 2.24) is 10.0 Å². The monoisotopic (exact) mass is 272 g/mol. The molecular weight excluding hydrogens is 252 g/mol. The number of rotatable bonds is 8. The van der Waals surface area contributed by atoms with Gasteiger partial charge in [-0.25, -0.2) is 13.1 Å². The van der Waals surface area contributed by atoms with E-state index in [4.69, 9.17) is 4.74 Å². The van der Waals surface area contributed by atoms with Crippen molar-refractivity contribution in [3.05, 3.63) is 29.8 Å². The lowest BCUT2D eigenvalue weighted by molar-refractivity contribution is 0.340. The van der Waals surface area contributed by atoms with Gasteiger partial charge in [0.25, 0.3) is 0 Å². The van der Waals surface area contributed by atoms with Crippen LogP contribution in [-0.2, 0) is 16.6 Å². The fourth-order valence-electron chi connectivity index (χ4n) is 1.45. The standard InChI is InChI=1S/C12H20N2O3S/c1-3-17-12-6-4-5-11(9-12)10-14-7-8-18(15,16)13-2/h4-6,9,13-14H,3,7-8,10H2,1-2H3. The van der Waals surface area contributed by atoms with E-state index in [2.05, 4.69) is 10.0 Å². The van der Waals surface area contributed by atoms with Crippen LogP contribution in [0.5, 0.6) is 5.75 Å². The first-order valence-corrected chi connectivity index (χ1v) is 7.56. The molecule has 0 atom stereocenters. The first kappa shape index (κ1) is 14.9. The predicted molar refractivity (Wildman–Crippen MR) is 72.2 cm³/mol. The van der Waals surface area contributed by atoms with E-state index in [1.807, 2.05) is 31.2 Å². The number of hydrogen-bond acceptors (Lipinski definition) is 4. The minimum atomic E-state index is -3.13. The minimum absolute atomic E-state index is 0.0780. The summed E-state index contributed by atoms with van der Waals surface area (Å²) in [6.07, 6.45) is 0. The summed E-state index contributed by atoms with van der Waals surface area (Å²) in [5.74, 6) is 0.911. The molecule has 0 fully saturated rings. The van der Waals surface area contributed by atoms with Crippen LogP contribution in [0.25, 0.3) is 0 Å². The van der Waals surface area contributed by atoms with E-state index in [0.29, 0.717) is 19.7 Å². The molecule has 0 aliphatic rings. The molecule has 0 heterocycles. The molecule has 0 aromatic heterocycles. The van der Waals surface area contributed by atoms with Gasteiger partial charge in [-0.15, -0.1) is 0 Å². The van der Waals surface area contributed by atoms with E-state index in [0.717, 1.165) is 11.3 Å². The van der Waals surface area contributed by atoms with E-state index >= 15 is 0 Å². The molecular formula is C12H20N2O3S. The highest BCUT2D eigenvalue weighted by Gasteiger charge is 2.05. The Morgan fingerprint density at radius 2 is 2.11 bits per heavy atom. The van der Waals surface area contributed by atoms with Crippen LogP contribution in [0.3, 0.4) is 0 Å². The van der Waals surface area contributed by atoms with E-state index < -0.39 is 10.0 Å². The lowest BCUT2D eigenvalue weighted by Crippen LogP contribution is -2.29. The Kier molecular flexibility index (Phi) is 6.11. The summed E-state index contributed by atoms with van der Waals surface area (Å²) in [4.78, 5) is 0. The van der Waals surface area contributed by atoms with Crippen molar-refractivity contribution in [3.63, 3.8) is 0 Å². The largest absolute Gasteiger partial charge is 0.494 e. The van der Waals surface area contributed by atoms with Crippen molar-refractivity contribution >= 4 is 10.0 Å². The van der Waals surface area contributed by atoms with Gasteiger partial charge in [0.05, 0.1) is 12.4 Å². The van der Waals surface area contributed by atoms with E-state index in [-0.39, 0.29) is 5.75 Å². The smallest absolute Gasteiger partial charge is 0.212 e. The first-order chi connectivity index (χ1) is 8.57. The van der Waals surface area contributed by atoms with Gasteiger partial charge in [0.2, 0.25) is 10.0 Å². The molecule has 0 aliphatic heterocycles. The molecule has 0 spiro atoms. The molecule has 0 unspecified atom stereocenters. The maximum Gasteiger partial charge on any atom is 0.212 e. The Balaban J connectivity index is 2.37. The molecule has 0 saturated heterocycles. The summed E-state index contributed by atoms with van der Waals surface area (Å²) in [7, 11) is -1.71. The Morgan fingerprint density at radius 1 is 1.33 bits per heavy atom. The van der Waals surface area contributed by atoms with Crippen molar-refractivity contribution in [2.75, 3.05) is 26.0 Å². The number of sulfonamides is 1. The third kappa shape index (κ3) is 5.48. The van der Waals surface area contributed by atoms with E-state index in [1.54, 1.807) is 0 Å². The lowest BCUT2D eigenvalue weighted by atomic mass is 10.2. The highest BCUT2D eigenvalue weighted by atomic mass is 32.2. The molecule has 102 valence electrons. The quantitative estimate of drug-likeness (QED) is 0.684. The summed E-state index contributed by atoms with van der Waals surface area (Å²) < 4.78 is 30.0. The zero-order valence-corrected chi connectivity index (χ0v) is 11.6. The fraction of sp³-hybridized carbons (Fsp3) is 0.500. The van der Waals surface area contributed by atoms with Crippen LogP contribution in [0.1, 0.15) is 12.5 Å². The van der Waals surface area contributed by atoms with E-state index in [1.165, 1.54) is 7.05 Å². The molecule has 0 saturated carbocycles. The van der Waals surface area contributed by atoms with Crippen molar-refractivity contribution < 1.29 is 13.2 Å². The molecule has 2 N–H and O–H groups in total. The van der Waals surface area contributed by atoms with E-state index in [9.17, 15) is 8.42 Å². The minimum Gasteiger partial charge on any atom is -0.494 e. The molecule has 1 rings (SSSR count). The first-order valence-electron chi connectivity index (χ1n) is 5.91. The second-order valence-electron chi connectivity index (χ2n) is 3.78. The Morgan fingerprint density at radius 3 is 2.78 bits per heavy atom. The number of ether oxygens (including phenoxy) is 1. The Hall–Kier alpha value is -1.11. The number of benzene rings is 1. The average molecular weight is 272 g/mol. The van der Waals surface area contributed by atoms with Crippen LogP contribution in [0.4, 0.5) is 0 Å². The second kappa shape index (κ2) is 7.35. The molecule has 5 nitrogen and oxygen atoms in total. The van der Waals surface area contributed by atoms with Gasteiger partial charge in [-0.3, -0.25) is 0 Å². The van der Waals surface area contributed by atoms with Crippen LogP contribution >= 0.6 is 0 Å². The highest BCUT2D eigenvalue weighted by Crippen LogP contribution is 2.12. The highest BCUT2D eigenvalue weighted by molar-refractivity contribution is 7.89. The molecule has 6 heteroatoms. The van der Waals surface area contributed by atoms with Gasteiger partial charge in [-0.05, 0) is 31.7 Å². The number of hydrogen-bond donors (Lipinski definition) is 2. The normalized spacial score (nSPS) is 11.4. The summed E-state index contributed by atoms with van der Waals surface area (Å²) >= 11 is 0. The van der Waals surface area contributed by atoms with Gasteiger partial charge < -0.3 is 10.1 Å². The summed E-state index contributed by atoms with van der Waals surface area (Å²) in [6.45, 7) is 3.62. The van der Waals surface area contributed by atoms with Gasteiger partial charge in [0.15, 0.2) is 0 Å². The molecule has 1 aromatic rings. The molecule has 0 amide bonds. The van der Waals surface area contributed by atoms with Gasteiger partial charge in [0, 0.05) is 13.1 Å². The zero-order chi connectivity index (χ0) is 13.4. The maximum absolute atomic E-state index is 11.2. The van der Waals surface area contributed by atoms with Crippen LogP contribution in [0.15, 0.2) is 24.3 Å².